The summed E-state index contributed by atoms with van der Waals surface area (Å²) in [6.07, 6.45) is 1.53. The van der Waals surface area contributed by atoms with Gasteiger partial charge in [0.15, 0.2) is 0 Å². The standard InChI is InChI=1S/C15H17N3O4/c1-10-5-6-13(14(8-10)18(20)21)17-11(2)15(19)16-9-12-4-3-7-22-12/h3-8,11,17H,9H2,1-2H3,(H,16,19). The summed E-state index contributed by atoms with van der Waals surface area (Å²) in [5, 5.41) is 16.6. The van der Waals surface area contributed by atoms with Crippen LogP contribution in [0.25, 0.3) is 0 Å². The van der Waals surface area contributed by atoms with Crippen molar-refractivity contribution in [1.29, 1.82) is 0 Å². The van der Waals surface area contributed by atoms with Crippen LogP contribution >= 0.6 is 0 Å². The van der Waals surface area contributed by atoms with Crippen LogP contribution in [0.15, 0.2) is 41.0 Å². The van der Waals surface area contributed by atoms with Crippen molar-refractivity contribution in [2.24, 2.45) is 0 Å². The third-order valence-electron chi connectivity index (χ3n) is 3.13. The van der Waals surface area contributed by atoms with E-state index in [9.17, 15) is 14.9 Å². The van der Waals surface area contributed by atoms with Crippen molar-refractivity contribution in [3.63, 3.8) is 0 Å². The molecule has 116 valence electrons. The molecule has 0 radical (unpaired) electrons. The molecule has 0 fully saturated rings. The number of carbonyl (C=O) groups is 1. The van der Waals surface area contributed by atoms with Crippen molar-refractivity contribution in [2.45, 2.75) is 26.4 Å². The van der Waals surface area contributed by atoms with Crippen LogP contribution < -0.4 is 10.6 Å². The van der Waals surface area contributed by atoms with E-state index in [4.69, 9.17) is 4.42 Å². The van der Waals surface area contributed by atoms with E-state index in [1.54, 1.807) is 38.1 Å². The van der Waals surface area contributed by atoms with E-state index < -0.39 is 11.0 Å². The molecule has 0 bridgehead atoms. The largest absolute Gasteiger partial charge is 0.467 e. The van der Waals surface area contributed by atoms with E-state index in [-0.39, 0.29) is 18.1 Å². The average Bonchev–Trinajstić information content (AvgIpc) is 2.99. The molecule has 1 aromatic carbocycles. The molecule has 1 unspecified atom stereocenters. The fraction of sp³-hybridized carbons (Fsp3) is 0.267. The highest BCUT2D eigenvalue weighted by atomic mass is 16.6. The van der Waals surface area contributed by atoms with Crippen molar-refractivity contribution in [3.05, 3.63) is 58.0 Å². The van der Waals surface area contributed by atoms with Gasteiger partial charge < -0.3 is 15.1 Å². The van der Waals surface area contributed by atoms with E-state index in [1.807, 2.05) is 0 Å². The molecule has 2 N–H and O–H groups in total. The Hall–Kier alpha value is -2.83. The molecule has 1 aromatic heterocycles. The lowest BCUT2D eigenvalue weighted by Gasteiger charge is -2.15. The maximum atomic E-state index is 12.0. The Bertz CT molecular complexity index is 667. The van der Waals surface area contributed by atoms with Crippen molar-refractivity contribution in [2.75, 3.05) is 5.32 Å². The van der Waals surface area contributed by atoms with Crippen molar-refractivity contribution in [1.82, 2.24) is 5.32 Å². The summed E-state index contributed by atoms with van der Waals surface area (Å²) in [5.74, 6) is 0.369. The lowest BCUT2D eigenvalue weighted by Crippen LogP contribution is -2.37. The lowest BCUT2D eigenvalue weighted by atomic mass is 10.1. The predicted octanol–water partition coefficient (Wildman–Crippen LogP) is 2.61. The molecular weight excluding hydrogens is 286 g/mol. The summed E-state index contributed by atoms with van der Waals surface area (Å²) in [5.41, 5.74) is 1.05. The van der Waals surface area contributed by atoms with Gasteiger partial charge in [-0.3, -0.25) is 14.9 Å². The van der Waals surface area contributed by atoms with E-state index in [1.165, 1.54) is 12.3 Å². The summed E-state index contributed by atoms with van der Waals surface area (Å²) < 4.78 is 5.12. The Kier molecular flexibility index (Phi) is 4.77. The van der Waals surface area contributed by atoms with Gasteiger partial charge in [-0.2, -0.15) is 0 Å². The van der Waals surface area contributed by atoms with Crippen LogP contribution in [-0.4, -0.2) is 16.9 Å². The molecule has 0 aliphatic carbocycles. The second-order valence-corrected chi connectivity index (χ2v) is 4.94. The first-order chi connectivity index (χ1) is 10.5. The quantitative estimate of drug-likeness (QED) is 0.631. The topological polar surface area (TPSA) is 97.4 Å². The minimum Gasteiger partial charge on any atom is -0.467 e. The highest BCUT2D eigenvalue weighted by molar-refractivity contribution is 5.85. The van der Waals surface area contributed by atoms with Gasteiger partial charge in [-0.1, -0.05) is 6.07 Å². The Morgan fingerprint density at radius 1 is 1.41 bits per heavy atom. The molecule has 22 heavy (non-hydrogen) atoms. The number of nitrogens with one attached hydrogen (secondary N) is 2. The fourth-order valence-electron chi connectivity index (χ4n) is 1.95. The number of rotatable bonds is 6. The van der Waals surface area contributed by atoms with Crippen LogP contribution in [0.2, 0.25) is 0 Å². The predicted molar refractivity (Wildman–Crippen MR) is 81.5 cm³/mol. The second kappa shape index (κ2) is 6.75. The Morgan fingerprint density at radius 2 is 2.18 bits per heavy atom. The number of benzene rings is 1. The number of amides is 1. The molecule has 0 aliphatic rings. The van der Waals surface area contributed by atoms with E-state index >= 15 is 0 Å². The molecule has 2 rings (SSSR count). The van der Waals surface area contributed by atoms with Crippen LogP contribution in [0.5, 0.6) is 0 Å². The van der Waals surface area contributed by atoms with Gasteiger partial charge in [-0.15, -0.1) is 0 Å². The zero-order chi connectivity index (χ0) is 16.1. The SMILES string of the molecule is Cc1ccc(NC(C)C(=O)NCc2ccco2)c([N+](=O)[O-])c1. The zero-order valence-corrected chi connectivity index (χ0v) is 12.3. The fourth-order valence-corrected chi connectivity index (χ4v) is 1.95. The van der Waals surface area contributed by atoms with Crippen LogP contribution in [0.4, 0.5) is 11.4 Å². The van der Waals surface area contributed by atoms with Crippen molar-refractivity contribution >= 4 is 17.3 Å². The lowest BCUT2D eigenvalue weighted by molar-refractivity contribution is -0.384. The Balaban J connectivity index is 2.00. The Morgan fingerprint density at radius 3 is 2.82 bits per heavy atom. The summed E-state index contributed by atoms with van der Waals surface area (Å²) in [6.45, 7) is 3.69. The molecule has 1 heterocycles. The van der Waals surface area contributed by atoms with Gasteiger partial charge >= 0.3 is 0 Å². The number of nitro groups is 1. The van der Waals surface area contributed by atoms with Gasteiger partial charge in [0.1, 0.15) is 17.5 Å². The number of hydrogen-bond donors (Lipinski definition) is 2. The van der Waals surface area contributed by atoms with Crippen LogP contribution in [-0.2, 0) is 11.3 Å². The van der Waals surface area contributed by atoms with Crippen LogP contribution in [0.1, 0.15) is 18.2 Å². The molecule has 7 nitrogen and oxygen atoms in total. The molecule has 0 aliphatic heterocycles. The number of furan rings is 1. The summed E-state index contributed by atoms with van der Waals surface area (Å²) in [7, 11) is 0. The molecule has 0 saturated heterocycles. The maximum Gasteiger partial charge on any atom is 0.292 e. The minimum atomic E-state index is -0.614. The summed E-state index contributed by atoms with van der Waals surface area (Å²) in [6, 6.07) is 7.70. The van der Waals surface area contributed by atoms with Gasteiger partial charge in [0, 0.05) is 6.07 Å². The third kappa shape index (κ3) is 3.85. The van der Waals surface area contributed by atoms with Gasteiger partial charge in [-0.25, -0.2) is 0 Å². The maximum absolute atomic E-state index is 12.0. The molecule has 7 heteroatoms. The van der Waals surface area contributed by atoms with Crippen LogP contribution in [0, 0.1) is 17.0 Å². The van der Waals surface area contributed by atoms with Gasteiger partial charge in [0.2, 0.25) is 5.91 Å². The molecule has 0 spiro atoms. The Labute approximate surface area is 127 Å². The molecule has 1 amide bonds. The van der Waals surface area contributed by atoms with Crippen molar-refractivity contribution < 1.29 is 14.1 Å². The molecule has 1 atom stereocenters. The normalized spacial score (nSPS) is 11.7. The third-order valence-corrected chi connectivity index (χ3v) is 3.13. The monoisotopic (exact) mass is 303 g/mol. The first-order valence-corrected chi connectivity index (χ1v) is 6.79. The molecule has 2 aromatic rings. The van der Waals surface area contributed by atoms with Crippen molar-refractivity contribution in [3.8, 4) is 0 Å². The second-order valence-electron chi connectivity index (χ2n) is 4.94. The number of anilines is 1. The summed E-state index contributed by atoms with van der Waals surface area (Å²) >= 11 is 0. The number of aryl methyl sites for hydroxylation is 1. The molecular formula is C15H17N3O4. The van der Waals surface area contributed by atoms with E-state index in [0.717, 1.165) is 5.56 Å². The zero-order valence-electron chi connectivity index (χ0n) is 12.3. The average molecular weight is 303 g/mol. The highest BCUT2D eigenvalue weighted by Crippen LogP contribution is 2.25. The van der Waals surface area contributed by atoms with Gasteiger partial charge in [0.05, 0.1) is 17.7 Å². The first kappa shape index (κ1) is 15.6. The molecule has 0 saturated carbocycles. The van der Waals surface area contributed by atoms with E-state index in [2.05, 4.69) is 10.6 Å². The minimum absolute atomic E-state index is 0.0503. The van der Waals surface area contributed by atoms with Gasteiger partial charge in [-0.05, 0) is 37.6 Å². The highest BCUT2D eigenvalue weighted by Gasteiger charge is 2.19. The summed E-state index contributed by atoms with van der Waals surface area (Å²) in [4.78, 5) is 22.6. The van der Waals surface area contributed by atoms with Gasteiger partial charge in [0.25, 0.3) is 5.69 Å². The van der Waals surface area contributed by atoms with Crippen LogP contribution in [0.3, 0.4) is 0 Å². The number of hydrogen-bond acceptors (Lipinski definition) is 5. The van der Waals surface area contributed by atoms with E-state index in [0.29, 0.717) is 11.4 Å². The number of carbonyl (C=O) groups excluding carboxylic acids is 1. The smallest absolute Gasteiger partial charge is 0.292 e. The number of nitrogens with zero attached hydrogens (tertiary/aromatic N) is 1. The first-order valence-electron chi connectivity index (χ1n) is 6.79. The number of nitro benzene ring substituents is 1.